The number of para-hydroxylation sites is 1. The highest BCUT2D eigenvalue weighted by molar-refractivity contribution is 7.90. The summed E-state index contributed by atoms with van der Waals surface area (Å²) >= 11 is 6.60. The summed E-state index contributed by atoms with van der Waals surface area (Å²) in [6.45, 7) is 6.37. The molecule has 0 radical (unpaired) electrons. The molecule has 2 amide bonds. The van der Waals surface area contributed by atoms with Crippen molar-refractivity contribution in [3.05, 3.63) is 96.3 Å². The molecule has 0 saturated carbocycles. The zero-order valence-corrected chi connectivity index (χ0v) is 28.3. The second-order valence-electron chi connectivity index (χ2n) is 12.5. The third-order valence-corrected chi connectivity index (χ3v) is 9.85. The number of amides is 2. The first-order chi connectivity index (χ1) is 22.9. The predicted molar refractivity (Wildman–Crippen MR) is 186 cm³/mol. The molecule has 1 aliphatic heterocycles. The number of ether oxygens (including phenoxy) is 1. The molecule has 6 rings (SSSR count). The van der Waals surface area contributed by atoms with Gasteiger partial charge in [-0.15, -0.1) is 0 Å². The number of rotatable bonds is 7. The van der Waals surface area contributed by atoms with Gasteiger partial charge in [-0.25, -0.2) is 27.2 Å². The van der Waals surface area contributed by atoms with Gasteiger partial charge in [0, 0.05) is 47.5 Å². The molecule has 11 nitrogen and oxygen atoms in total. The molecule has 2 N–H and O–H groups in total. The molecule has 248 valence electrons. The Hall–Kier alpha value is -4.94. The van der Waals surface area contributed by atoms with Crippen molar-refractivity contribution in [2.24, 2.45) is 5.92 Å². The highest BCUT2D eigenvalue weighted by Crippen LogP contribution is 2.36. The molecule has 5 aromatic rings. The fraction of sp³-hybridized carbons (Fsp3) is 0.257. The summed E-state index contributed by atoms with van der Waals surface area (Å²) in [6, 6.07) is 22.5. The molecule has 0 unspecified atom stereocenters. The van der Waals surface area contributed by atoms with E-state index in [4.69, 9.17) is 16.3 Å². The minimum absolute atomic E-state index is 0.122. The second kappa shape index (κ2) is 13.3. The summed E-state index contributed by atoms with van der Waals surface area (Å²) < 4.78 is 33.9. The Morgan fingerprint density at radius 2 is 1.62 bits per heavy atom. The third-order valence-electron chi connectivity index (χ3n) is 7.88. The van der Waals surface area contributed by atoms with Gasteiger partial charge >= 0.3 is 6.09 Å². The number of benzene rings is 3. The molecule has 0 bridgehead atoms. The van der Waals surface area contributed by atoms with E-state index in [1.165, 1.54) is 16.4 Å². The number of aromatic nitrogens is 3. The van der Waals surface area contributed by atoms with E-state index in [1.807, 2.05) is 39.0 Å². The van der Waals surface area contributed by atoms with Gasteiger partial charge in [0.05, 0.1) is 27.3 Å². The normalized spacial score (nSPS) is 14.1. The van der Waals surface area contributed by atoms with Crippen molar-refractivity contribution in [3.8, 4) is 11.3 Å². The van der Waals surface area contributed by atoms with Gasteiger partial charge in [0.1, 0.15) is 5.60 Å². The van der Waals surface area contributed by atoms with Crippen molar-refractivity contribution in [3.63, 3.8) is 0 Å². The number of carbonyl (C=O) groups is 2. The second-order valence-corrected chi connectivity index (χ2v) is 14.7. The van der Waals surface area contributed by atoms with Crippen LogP contribution in [0.25, 0.3) is 22.2 Å². The number of fused-ring (bicyclic) bond motifs is 1. The lowest BCUT2D eigenvalue weighted by Gasteiger charge is -2.32. The van der Waals surface area contributed by atoms with Crippen LogP contribution in [0.4, 0.5) is 22.1 Å². The first-order valence-electron chi connectivity index (χ1n) is 15.5. The van der Waals surface area contributed by atoms with E-state index in [-0.39, 0.29) is 33.8 Å². The zero-order chi connectivity index (χ0) is 34.1. The van der Waals surface area contributed by atoms with E-state index in [2.05, 4.69) is 20.6 Å². The summed E-state index contributed by atoms with van der Waals surface area (Å²) in [6.07, 6.45) is 3.69. The number of likely N-dealkylation sites (tertiary alicyclic amines) is 1. The number of nitrogens with one attached hydrogen (secondary N) is 2. The fourth-order valence-electron chi connectivity index (χ4n) is 5.56. The van der Waals surface area contributed by atoms with Gasteiger partial charge in [0.25, 0.3) is 10.0 Å². The summed E-state index contributed by atoms with van der Waals surface area (Å²) in [5.74, 6) is -0.131. The van der Waals surface area contributed by atoms with Crippen LogP contribution in [0.5, 0.6) is 0 Å². The molecular formula is C35H35ClN6O5S. The number of hydrogen-bond donors (Lipinski definition) is 2. The molecule has 1 aliphatic rings. The Morgan fingerprint density at radius 3 is 2.35 bits per heavy atom. The third kappa shape index (κ3) is 7.14. The molecule has 0 aliphatic carbocycles. The van der Waals surface area contributed by atoms with E-state index < -0.39 is 15.6 Å². The summed E-state index contributed by atoms with van der Waals surface area (Å²) in [4.78, 5) is 36.3. The maximum absolute atomic E-state index is 13.6. The van der Waals surface area contributed by atoms with E-state index in [0.29, 0.717) is 59.5 Å². The van der Waals surface area contributed by atoms with Gasteiger partial charge in [-0.3, -0.25) is 4.79 Å². The van der Waals surface area contributed by atoms with Gasteiger partial charge in [-0.2, -0.15) is 0 Å². The molecule has 13 heteroatoms. The van der Waals surface area contributed by atoms with Crippen LogP contribution in [0.2, 0.25) is 5.02 Å². The smallest absolute Gasteiger partial charge is 0.410 e. The van der Waals surface area contributed by atoms with Crippen molar-refractivity contribution < 1.29 is 22.7 Å². The quantitative estimate of drug-likeness (QED) is 0.182. The average Bonchev–Trinajstić information content (AvgIpc) is 3.46. The maximum Gasteiger partial charge on any atom is 0.410 e. The highest BCUT2D eigenvalue weighted by Gasteiger charge is 2.30. The number of nitrogens with zero attached hydrogens (tertiary/aromatic N) is 4. The lowest BCUT2D eigenvalue weighted by molar-refractivity contribution is -0.121. The number of anilines is 3. The average molecular weight is 687 g/mol. The Labute approximate surface area is 284 Å². The number of halogens is 1. The van der Waals surface area contributed by atoms with Crippen LogP contribution < -0.4 is 10.6 Å². The van der Waals surface area contributed by atoms with Gasteiger partial charge < -0.3 is 20.3 Å². The van der Waals surface area contributed by atoms with Gasteiger partial charge in [-0.05, 0) is 70.0 Å². The first kappa shape index (κ1) is 33.0. The summed E-state index contributed by atoms with van der Waals surface area (Å²) in [7, 11) is -3.90. The number of hydrogen-bond acceptors (Lipinski definition) is 8. The number of piperidine rings is 1. The monoisotopic (exact) mass is 686 g/mol. The van der Waals surface area contributed by atoms with E-state index in [9.17, 15) is 18.0 Å². The first-order valence-corrected chi connectivity index (χ1v) is 17.3. The summed E-state index contributed by atoms with van der Waals surface area (Å²) in [5.41, 5.74) is 2.00. The van der Waals surface area contributed by atoms with Crippen LogP contribution in [-0.2, 0) is 19.6 Å². The molecule has 0 atom stereocenters. The molecule has 3 heterocycles. The van der Waals surface area contributed by atoms with Crippen molar-refractivity contribution in [1.29, 1.82) is 0 Å². The Kier molecular flexibility index (Phi) is 9.13. The van der Waals surface area contributed by atoms with Crippen LogP contribution in [0, 0.1) is 5.92 Å². The van der Waals surface area contributed by atoms with Crippen molar-refractivity contribution in [2.45, 2.75) is 44.1 Å². The highest BCUT2D eigenvalue weighted by atomic mass is 35.5. The molecule has 1 saturated heterocycles. The molecule has 3 aromatic carbocycles. The van der Waals surface area contributed by atoms with E-state index in [1.54, 1.807) is 65.6 Å². The van der Waals surface area contributed by atoms with E-state index >= 15 is 0 Å². The predicted octanol–water partition coefficient (Wildman–Crippen LogP) is 7.32. The zero-order valence-electron chi connectivity index (χ0n) is 26.7. The summed E-state index contributed by atoms with van der Waals surface area (Å²) in [5, 5.41) is 7.06. The molecule has 1 fully saturated rings. The van der Waals surface area contributed by atoms with Gasteiger partial charge in [0.2, 0.25) is 11.9 Å². The Balaban J connectivity index is 1.19. The van der Waals surface area contributed by atoms with Crippen LogP contribution >= 0.6 is 11.6 Å². The van der Waals surface area contributed by atoms with Crippen molar-refractivity contribution in [1.82, 2.24) is 18.8 Å². The van der Waals surface area contributed by atoms with Crippen LogP contribution in [0.3, 0.4) is 0 Å². The number of carbonyl (C=O) groups excluding carboxylic acids is 2. The minimum Gasteiger partial charge on any atom is -0.444 e. The van der Waals surface area contributed by atoms with Gasteiger partial charge in [-0.1, -0.05) is 54.1 Å². The molecule has 2 aromatic heterocycles. The standard InChI is InChI=1S/C35H35ClN6O5S/c1-35(2,3)47-34(44)41-18-16-23(17-19-41)32(43)38-24-10-9-11-25(20-24)39-33-37-21-29(36)31(40-33)28-22-42(30-15-8-7-14-27(28)30)48(45,46)26-12-5-4-6-13-26/h4-15,20-23H,16-19H2,1-3H3,(H,38,43)(H,37,39,40). The Bertz CT molecular complexity index is 2090. The van der Waals surface area contributed by atoms with Crippen molar-refractivity contribution in [2.75, 3.05) is 23.7 Å². The van der Waals surface area contributed by atoms with E-state index in [0.717, 1.165) is 0 Å². The van der Waals surface area contributed by atoms with Gasteiger partial charge in [0.15, 0.2) is 0 Å². The Morgan fingerprint density at radius 1 is 0.938 bits per heavy atom. The minimum atomic E-state index is -3.90. The van der Waals surface area contributed by atoms with Crippen molar-refractivity contribution >= 4 is 61.9 Å². The van der Waals surface area contributed by atoms with Crippen LogP contribution in [0.1, 0.15) is 33.6 Å². The largest absolute Gasteiger partial charge is 0.444 e. The maximum atomic E-state index is 13.6. The SMILES string of the molecule is CC(C)(C)OC(=O)N1CCC(C(=O)Nc2cccc(Nc3ncc(Cl)c(-c4cn(S(=O)(=O)c5ccccc5)c5ccccc45)n3)c2)CC1. The fourth-order valence-corrected chi connectivity index (χ4v) is 7.14. The molecular weight excluding hydrogens is 652 g/mol. The van der Waals surface area contributed by atoms with Crippen LogP contribution in [-0.4, -0.2) is 57.9 Å². The molecule has 0 spiro atoms. The van der Waals surface area contributed by atoms with Crippen LogP contribution in [0.15, 0.2) is 96.2 Å². The topological polar surface area (TPSA) is 136 Å². The lowest BCUT2D eigenvalue weighted by Crippen LogP contribution is -2.43. The lowest BCUT2D eigenvalue weighted by atomic mass is 9.96. The molecule has 48 heavy (non-hydrogen) atoms.